The van der Waals surface area contributed by atoms with E-state index in [4.69, 9.17) is 0 Å². The Hall–Kier alpha value is -2.15. The summed E-state index contributed by atoms with van der Waals surface area (Å²) in [6.07, 6.45) is -8.23. The average Bonchev–Trinajstić information content (AvgIpc) is 2.81. The maximum absolute atomic E-state index is 13.2. The number of hydrogen-bond donors (Lipinski definition) is 1. The number of sulfonamides is 1. The van der Waals surface area contributed by atoms with E-state index in [-0.39, 0.29) is 5.41 Å². The number of piperidine rings is 1. The first-order valence-corrected chi connectivity index (χ1v) is 14.1. The zero-order valence-electron chi connectivity index (χ0n) is 21.0. The standard InChI is InChI=1S/C26H30F6N2O3S/c1-3-19-13-18(14-33-15-23(16-33)11-4-12-34(17-23)38(2,36)37)5-10-22(19)20-6-8-21(9-7-20)24(35,25(27,28)29)26(30,31)32/h5-10,13,35H,3-4,11-12,14-17H2,1-2H3. The maximum Gasteiger partial charge on any atom is 0.430 e. The fourth-order valence-electron chi connectivity index (χ4n) is 5.67. The van der Waals surface area contributed by atoms with Crippen LogP contribution in [0.3, 0.4) is 0 Å². The van der Waals surface area contributed by atoms with E-state index in [2.05, 4.69) is 4.90 Å². The summed E-state index contributed by atoms with van der Waals surface area (Å²) < 4.78 is 105. The van der Waals surface area contributed by atoms with Crippen molar-refractivity contribution in [1.82, 2.24) is 9.21 Å². The van der Waals surface area contributed by atoms with Gasteiger partial charge in [0.25, 0.3) is 5.60 Å². The summed E-state index contributed by atoms with van der Waals surface area (Å²) in [5, 5.41) is 9.63. The summed E-state index contributed by atoms with van der Waals surface area (Å²) in [7, 11) is -3.23. The third-order valence-electron chi connectivity index (χ3n) is 7.60. The second-order valence-electron chi connectivity index (χ2n) is 10.5. The molecule has 2 saturated heterocycles. The molecule has 0 atom stereocenters. The summed E-state index contributed by atoms with van der Waals surface area (Å²) in [6, 6.07) is 9.27. The Kier molecular flexibility index (Phi) is 7.44. The highest BCUT2D eigenvalue weighted by Crippen LogP contribution is 2.50. The molecule has 210 valence electrons. The summed E-state index contributed by atoms with van der Waals surface area (Å²) in [6.45, 7) is 5.19. The molecule has 2 aliphatic rings. The van der Waals surface area contributed by atoms with Gasteiger partial charge in [-0.15, -0.1) is 0 Å². The van der Waals surface area contributed by atoms with Crippen molar-refractivity contribution in [2.24, 2.45) is 5.41 Å². The maximum atomic E-state index is 13.2. The lowest BCUT2D eigenvalue weighted by molar-refractivity contribution is -0.376. The predicted molar refractivity (Wildman–Crippen MR) is 131 cm³/mol. The van der Waals surface area contributed by atoms with Gasteiger partial charge in [0, 0.05) is 43.7 Å². The number of halogens is 6. The first-order chi connectivity index (χ1) is 17.5. The Bertz CT molecular complexity index is 1260. The van der Waals surface area contributed by atoms with E-state index in [1.165, 1.54) is 6.26 Å². The van der Waals surface area contributed by atoms with Crippen molar-refractivity contribution in [2.75, 3.05) is 32.4 Å². The van der Waals surface area contributed by atoms with Crippen molar-refractivity contribution in [3.05, 3.63) is 59.2 Å². The Morgan fingerprint density at radius 3 is 2.08 bits per heavy atom. The molecule has 2 aromatic rings. The van der Waals surface area contributed by atoms with E-state index in [9.17, 15) is 39.9 Å². The van der Waals surface area contributed by atoms with Crippen molar-refractivity contribution < 1.29 is 39.9 Å². The van der Waals surface area contributed by atoms with Gasteiger partial charge in [0.05, 0.1) is 6.26 Å². The number of aliphatic hydroxyl groups is 1. The fraction of sp³-hybridized carbons (Fsp3) is 0.538. The van der Waals surface area contributed by atoms with Crippen molar-refractivity contribution in [2.45, 2.75) is 50.7 Å². The van der Waals surface area contributed by atoms with E-state index < -0.39 is 33.5 Å². The molecule has 0 aliphatic carbocycles. The van der Waals surface area contributed by atoms with Gasteiger partial charge in [-0.05, 0) is 41.5 Å². The molecule has 2 aliphatic heterocycles. The molecule has 2 heterocycles. The summed E-state index contributed by atoms with van der Waals surface area (Å²) in [4.78, 5) is 2.24. The Morgan fingerprint density at radius 1 is 0.947 bits per heavy atom. The van der Waals surface area contributed by atoms with Crippen LogP contribution in [0.5, 0.6) is 0 Å². The third kappa shape index (κ3) is 5.32. The lowest BCUT2D eigenvalue weighted by atomic mass is 9.74. The molecule has 12 heteroatoms. The van der Waals surface area contributed by atoms with E-state index in [1.54, 1.807) is 10.4 Å². The van der Waals surface area contributed by atoms with Crippen LogP contribution in [-0.2, 0) is 28.6 Å². The van der Waals surface area contributed by atoms with Gasteiger partial charge in [-0.2, -0.15) is 26.3 Å². The highest BCUT2D eigenvalue weighted by atomic mass is 32.2. The fourth-order valence-corrected chi connectivity index (χ4v) is 6.64. The topological polar surface area (TPSA) is 60.9 Å². The van der Waals surface area contributed by atoms with Crippen LogP contribution in [-0.4, -0.2) is 67.5 Å². The van der Waals surface area contributed by atoms with E-state index in [1.807, 2.05) is 19.1 Å². The SMILES string of the molecule is CCc1cc(CN2CC3(CCCN(S(C)(=O)=O)C3)C2)ccc1-c1ccc(C(O)(C(F)(F)F)C(F)(F)F)cc1. The summed E-state index contributed by atoms with van der Waals surface area (Å²) >= 11 is 0. The number of rotatable bonds is 6. The molecule has 0 aromatic heterocycles. The number of nitrogens with zero attached hydrogens (tertiary/aromatic N) is 2. The van der Waals surface area contributed by atoms with Crippen molar-refractivity contribution in [3.8, 4) is 11.1 Å². The van der Waals surface area contributed by atoms with Crippen LogP contribution in [0.4, 0.5) is 26.3 Å². The van der Waals surface area contributed by atoms with Gasteiger partial charge >= 0.3 is 12.4 Å². The van der Waals surface area contributed by atoms with Gasteiger partial charge in [0.1, 0.15) is 0 Å². The molecule has 2 aromatic carbocycles. The first kappa shape index (κ1) is 28.8. The molecule has 0 saturated carbocycles. The minimum Gasteiger partial charge on any atom is -0.369 e. The van der Waals surface area contributed by atoms with Gasteiger partial charge in [-0.3, -0.25) is 4.90 Å². The second kappa shape index (κ2) is 9.79. The molecule has 1 N–H and O–H groups in total. The lowest BCUT2D eigenvalue weighted by Gasteiger charge is -2.54. The average molecular weight is 565 g/mol. The zero-order valence-corrected chi connectivity index (χ0v) is 21.8. The summed E-state index contributed by atoms with van der Waals surface area (Å²) in [5.74, 6) is 0. The quantitative estimate of drug-likeness (QED) is 0.497. The van der Waals surface area contributed by atoms with Crippen LogP contribution in [0, 0.1) is 5.41 Å². The Labute approximate surface area is 218 Å². The monoisotopic (exact) mass is 564 g/mol. The second-order valence-corrected chi connectivity index (χ2v) is 12.5. The van der Waals surface area contributed by atoms with Crippen LogP contribution in [0.2, 0.25) is 0 Å². The van der Waals surface area contributed by atoms with Crippen LogP contribution in [0.15, 0.2) is 42.5 Å². The van der Waals surface area contributed by atoms with Crippen LogP contribution >= 0.6 is 0 Å². The van der Waals surface area contributed by atoms with Gasteiger partial charge in [-0.25, -0.2) is 12.7 Å². The molecular weight excluding hydrogens is 534 g/mol. The Morgan fingerprint density at radius 2 is 1.55 bits per heavy atom. The van der Waals surface area contributed by atoms with Crippen LogP contribution in [0.1, 0.15) is 36.5 Å². The van der Waals surface area contributed by atoms with Gasteiger partial charge < -0.3 is 5.11 Å². The molecule has 0 unspecified atom stereocenters. The van der Waals surface area contributed by atoms with Gasteiger partial charge in [-0.1, -0.05) is 49.4 Å². The smallest absolute Gasteiger partial charge is 0.369 e. The largest absolute Gasteiger partial charge is 0.430 e. The van der Waals surface area contributed by atoms with E-state index in [0.717, 1.165) is 49.2 Å². The highest BCUT2D eigenvalue weighted by molar-refractivity contribution is 7.88. The van der Waals surface area contributed by atoms with Crippen LogP contribution in [0.25, 0.3) is 11.1 Å². The molecule has 0 amide bonds. The molecule has 5 nitrogen and oxygen atoms in total. The molecule has 0 bridgehead atoms. The molecule has 2 fully saturated rings. The first-order valence-electron chi connectivity index (χ1n) is 12.3. The van der Waals surface area contributed by atoms with E-state index in [0.29, 0.717) is 49.3 Å². The minimum absolute atomic E-state index is 0.0363. The Balaban J connectivity index is 1.49. The van der Waals surface area contributed by atoms with Crippen molar-refractivity contribution in [1.29, 1.82) is 0 Å². The van der Waals surface area contributed by atoms with Crippen molar-refractivity contribution >= 4 is 10.0 Å². The molecule has 38 heavy (non-hydrogen) atoms. The number of alkyl halides is 6. The summed E-state index contributed by atoms with van der Waals surface area (Å²) in [5.41, 5.74) is -3.27. The number of hydrogen-bond acceptors (Lipinski definition) is 4. The lowest BCUT2D eigenvalue weighted by Crippen LogP contribution is -2.62. The third-order valence-corrected chi connectivity index (χ3v) is 8.85. The predicted octanol–water partition coefficient (Wildman–Crippen LogP) is 5.09. The molecule has 0 radical (unpaired) electrons. The number of benzene rings is 2. The van der Waals surface area contributed by atoms with Crippen LogP contribution < -0.4 is 0 Å². The normalized spacial score (nSPS) is 19.5. The number of aryl methyl sites for hydroxylation is 1. The molecular formula is C26H30F6N2O3S. The minimum atomic E-state index is -5.93. The van der Waals surface area contributed by atoms with Crippen molar-refractivity contribution in [3.63, 3.8) is 0 Å². The van der Waals surface area contributed by atoms with Gasteiger partial charge in [0.2, 0.25) is 10.0 Å². The highest BCUT2D eigenvalue weighted by Gasteiger charge is 2.71. The zero-order chi connectivity index (χ0) is 28.1. The van der Waals surface area contributed by atoms with E-state index >= 15 is 0 Å². The molecule has 1 spiro atoms. The molecule has 4 rings (SSSR count). The number of likely N-dealkylation sites (tertiary alicyclic amines) is 1. The van der Waals surface area contributed by atoms with Gasteiger partial charge in [0.15, 0.2) is 0 Å².